The maximum atomic E-state index is 5.86. The Morgan fingerprint density at radius 3 is 2.79 bits per heavy atom. The Morgan fingerprint density at radius 2 is 2.11 bits per heavy atom. The first-order valence-corrected chi connectivity index (χ1v) is 7.82. The summed E-state index contributed by atoms with van der Waals surface area (Å²) in [6.45, 7) is 6.98. The Hall–Kier alpha value is -0.800. The first kappa shape index (κ1) is 13.2. The zero-order valence-corrected chi connectivity index (χ0v) is 12.4. The summed E-state index contributed by atoms with van der Waals surface area (Å²) in [6.07, 6.45) is 5.94. The van der Waals surface area contributed by atoms with Crippen LogP contribution in [0, 0.1) is 6.92 Å². The number of aromatic nitrogens is 1. The molecule has 1 aromatic rings. The molecule has 0 saturated carbocycles. The van der Waals surface area contributed by atoms with Gasteiger partial charge in [0.2, 0.25) is 0 Å². The van der Waals surface area contributed by atoms with Crippen molar-refractivity contribution in [2.24, 2.45) is 0 Å². The molecule has 19 heavy (non-hydrogen) atoms. The molecule has 4 heteroatoms. The topological polar surface area (TPSA) is 19.4 Å². The van der Waals surface area contributed by atoms with Crippen molar-refractivity contribution in [2.45, 2.75) is 38.1 Å². The molecule has 0 N–H and O–H groups in total. The fraction of sp³-hybridized carbons (Fsp3) is 0.667. The summed E-state index contributed by atoms with van der Waals surface area (Å²) in [6, 6.07) is 2.90. The van der Waals surface area contributed by atoms with E-state index >= 15 is 0 Å². The molecule has 1 aromatic heterocycles. The van der Waals surface area contributed by atoms with E-state index < -0.39 is 0 Å². The van der Waals surface area contributed by atoms with Crippen LogP contribution in [0.1, 0.15) is 30.4 Å². The van der Waals surface area contributed by atoms with E-state index in [1.54, 1.807) is 0 Å². The Balaban J connectivity index is 1.70. The third-order valence-electron chi connectivity index (χ3n) is 4.38. The average Bonchev–Trinajstić information content (AvgIpc) is 3.09. The highest BCUT2D eigenvalue weighted by atomic mass is 35.5. The number of nitrogens with zero attached hydrogens (tertiary/aromatic N) is 3. The lowest BCUT2D eigenvalue weighted by molar-refractivity contribution is 0.260. The summed E-state index contributed by atoms with van der Waals surface area (Å²) in [7, 11) is 0. The molecule has 3 nitrogen and oxygen atoms in total. The van der Waals surface area contributed by atoms with Crippen LogP contribution in [0.4, 0.5) is 5.82 Å². The zero-order valence-electron chi connectivity index (χ0n) is 11.6. The molecule has 104 valence electrons. The highest BCUT2D eigenvalue weighted by Gasteiger charge is 2.30. The minimum absolute atomic E-state index is 0.546. The zero-order chi connectivity index (χ0) is 13.2. The van der Waals surface area contributed by atoms with Gasteiger partial charge >= 0.3 is 0 Å². The number of alkyl halides is 1. The molecule has 0 bridgehead atoms. The molecule has 0 radical (unpaired) electrons. The lowest BCUT2D eigenvalue weighted by Crippen LogP contribution is -2.35. The van der Waals surface area contributed by atoms with E-state index in [1.807, 2.05) is 6.20 Å². The number of aryl methyl sites for hydroxylation is 1. The van der Waals surface area contributed by atoms with Crippen LogP contribution in [0.5, 0.6) is 0 Å². The number of anilines is 1. The van der Waals surface area contributed by atoms with Gasteiger partial charge in [-0.15, -0.1) is 11.6 Å². The fourth-order valence-electron chi connectivity index (χ4n) is 3.37. The van der Waals surface area contributed by atoms with Crippen LogP contribution in [0.15, 0.2) is 12.3 Å². The minimum Gasteiger partial charge on any atom is -0.355 e. The summed E-state index contributed by atoms with van der Waals surface area (Å²) in [4.78, 5) is 9.71. The fourth-order valence-corrected chi connectivity index (χ4v) is 3.52. The number of rotatable bonds is 3. The molecule has 1 unspecified atom stereocenters. The molecule has 0 aliphatic carbocycles. The van der Waals surface area contributed by atoms with Crippen molar-refractivity contribution >= 4 is 17.4 Å². The number of pyridine rings is 1. The number of halogens is 1. The number of likely N-dealkylation sites (tertiary alicyclic amines) is 1. The summed E-state index contributed by atoms with van der Waals surface area (Å²) >= 11 is 5.86. The van der Waals surface area contributed by atoms with Gasteiger partial charge in [-0.2, -0.15) is 0 Å². The summed E-state index contributed by atoms with van der Waals surface area (Å²) < 4.78 is 0. The van der Waals surface area contributed by atoms with E-state index in [9.17, 15) is 0 Å². The molecular formula is C15H22ClN3. The van der Waals surface area contributed by atoms with E-state index in [4.69, 9.17) is 11.6 Å². The van der Waals surface area contributed by atoms with Gasteiger partial charge in [-0.25, -0.2) is 4.98 Å². The van der Waals surface area contributed by atoms with E-state index in [-0.39, 0.29) is 0 Å². The van der Waals surface area contributed by atoms with Crippen molar-refractivity contribution in [2.75, 3.05) is 31.1 Å². The molecule has 3 heterocycles. The smallest absolute Gasteiger partial charge is 0.131 e. The standard InChI is InChI=1S/C15H22ClN3/c1-12-8-13(9-16)10-17-15(12)19-7-4-14(11-19)18-5-2-3-6-18/h8,10,14H,2-7,9,11H2,1H3. The van der Waals surface area contributed by atoms with Gasteiger partial charge in [-0.3, -0.25) is 4.90 Å². The SMILES string of the molecule is Cc1cc(CCl)cnc1N1CCC(N2CCCC2)C1. The minimum atomic E-state index is 0.546. The number of hydrogen-bond donors (Lipinski definition) is 0. The van der Waals surface area contributed by atoms with Crippen molar-refractivity contribution in [3.05, 3.63) is 23.4 Å². The second-order valence-electron chi connectivity index (χ2n) is 5.75. The van der Waals surface area contributed by atoms with Gasteiger partial charge < -0.3 is 4.90 Å². The maximum Gasteiger partial charge on any atom is 0.131 e. The van der Waals surface area contributed by atoms with E-state index in [0.717, 1.165) is 30.5 Å². The van der Waals surface area contributed by atoms with E-state index in [1.165, 1.54) is 37.9 Å². The monoisotopic (exact) mass is 279 g/mol. The molecule has 2 aliphatic heterocycles. The molecule has 1 atom stereocenters. The molecule has 0 amide bonds. The number of hydrogen-bond acceptors (Lipinski definition) is 3. The molecule has 2 saturated heterocycles. The largest absolute Gasteiger partial charge is 0.355 e. The first-order chi connectivity index (χ1) is 9.28. The molecular weight excluding hydrogens is 258 g/mol. The molecule has 0 aromatic carbocycles. The van der Waals surface area contributed by atoms with Gasteiger partial charge in [0.15, 0.2) is 0 Å². The molecule has 2 aliphatic rings. The third-order valence-corrected chi connectivity index (χ3v) is 4.69. The van der Waals surface area contributed by atoms with Gasteiger partial charge in [0, 0.05) is 31.2 Å². The normalized spacial score (nSPS) is 24.3. The maximum absolute atomic E-state index is 5.86. The Labute approximate surface area is 120 Å². The average molecular weight is 280 g/mol. The van der Waals surface area contributed by atoms with Crippen LogP contribution < -0.4 is 4.90 Å². The molecule has 2 fully saturated rings. The van der Waals surface area contributed by atoms with Crippen molar-refractivity contribution in [1.82, 2.24) is 9.88 Å². The Kier molecular flexibility index (Phi) is 3.94. The summed E-state index contributed by atoms with van der Waals surface area (Å²) in [5.74, 6) is 1.69. The van der Waals surface area contributed by atoms with Crippen molar-refractivity contribution < 1.29 is 0 Å². The Morgan fingerprint density at radius 1 is 1.32 bits per heavy atom. The van der Waals surface area contributed by atoms with Crippen LogP contribution in [-0.4, -0.2) is 42.1 Å². The quantitative estimate of drug-likeness (QED) is 0.793. The summed E-state index contributed by atoms with van der Waals surface area (Å²) in [5.41, 5.74) is 2.36. The highest BCUT2D eigenvalue weighted by Crippen LogP contribution is 2.26. The van der Waals surface area contributed by atoms with Crippen LogP contribution >= 0.6 is 11.6 Å². The highest BCUT2D eigenvalue weighted by molar-refractivity contribution is 6.17. The van der Waals surface area contributed by atoms with E-state index in [0.29, 0.717) is 5.88 Å². The second kappa shape index (κ2) is 5.68. The summed E-state index contributed by atoms with van der Waals surface area (Å²) in [5, 5.41) is 0. The Bertz CT molecular complexity index is 443. The van der Waals surface area contributed by atoms with Crippen molar-refractivity contribution in [3.63, 3.8) is 0 Å². The second-order valence-corrected chi connectivity index (χ2v) is 6.02. The van der Waals surface area contributed by atoms with Crippen LogP contribution in [-0.2, 0) is 5.88 Å². The van der Waals surface area contributed by atoms with Gasteiger partial charge in [-0.05, 0) is 56.5 Å². The van der Waals surface area contributed by atoms with Gasteiger partial charge in [0.05, 0.1) is 0 Å². The van der Waals surface area contributed by atoms with Crippen molar-refractivity contribution in [1.29, 1.82) is 0 Å². The van der Waals surface area contributed by atoms with Gasteiger partial charge in [0.25, 0.3) is 0 Å². The third kappa shape index (κ3) is 2.72. The predicted molar refractivity (Wildman–Crippen MR) is 80.0 cm³/mol. The molecule has 0 spiro atoms. The van der Waals surface area contributed by atoms with Gasteiger partial charge in [-0.1, -0.05) is 0 Å². The predicted octanol–water partition coefficient (Wildman–Crippen LogP) is 2.80. The molecule has 3 rings (SSSR count). The van der Waals surface area contributed by atoms with Crippen LogP contribution in [0.3, 0.4) is 0 Å². The van der Waals surface area contributed by atoms with Crippen molar-refractivity contribution in [3.8, 4) is 0 Å². The first-order valence-electron chi connectivity index (χ1n) is 7.28. The van der Waals surface area contributed by atoms with E-state index in [2.05, 4.69) is 27.8 Å². The lowest BCUT2D eigenvalue weighted by atomic mass is 10.2. The van der Waals surface area contributed by atoms with Crippen LogP contribution in [0.25, 0.3) is 0 Å². The van der Waals surface area contributed by atoms with Crippen LogP contribution in [0.2, 0.25) is 0 Å². The van der Waals surface area contributed by atoms with Gasteiger partial charge in [0.1, 0.15) is 5.82 Å². The lowest BCUT2D eigenvalue weighted by Gasteiger charge is -2.24.